The molecule has 12 heavy (non-hydrogen) atoms. The van der Waals surface area contributed by atoms with Crippen molar-refractivity contribution in [2.24, 2.45) is 11.7 Å². The van der Waals surface area contributed by atoms with Gasteiger partial charge in [-0.25, -0.2) is 0 Å². The number of benzene rings is 1. The molecule has 0 saturated heterocycles. The lowest BCUT2D eigenvalue weighted by Gasteiger charge is -2.14. The van der Waals surface area contributed by atoms with Crippen molar-refractivity contribution in [2.75, 3.05) is 6.61 Å². The Bertz CT molecular complexity index is 323. The molecule has 1 fully saturated rings. The van der Waals surface area contributed by atoms with Crippen molar-refractivity contribution in [1.82, 2.24) is 0 Å². The minimum absolute atomic E-state index is 0.341. The van der Waals surface area contributed by atoms with Gasteiger partial charge in [-0.05, 0) is 11.6 Å². The van der Waals surface area contributed by atoms with E-state index < -0.39 is 0 Å². The lowest BCUT2D eigenvalue weighted by atomic mass is 10.1. The highest BCUT2D eigenvalue weighted by atomic mass is 16.5. The molecule has 0 aromatic heterocycles. The molecule has 2 N–H and O–H groups in total. The fraction of sp³-hybridized carbons (Fsp3) is 0.400. The van der Waals surface area contributed by atoms with Crippen molar-refractivity contribution < 1.29 is 4.74 Å². The van der Waals surface area contributed by atoms with E-state index in [0.29, 0.717) is 17.9 Å². The first-order chi connectivity index (χ1) is 5.88. The summed E-state index contributed by atoms with van der Waals surface area (Å²) in [4.78, 5) is 0. The average molecular weight is 161 g/mol. The molecule has 0 radical (unpaired) electrons. The number of ether oxygens (including phenoxy) is 1. The van der Waals surface area contributed by atoms with Crippen molar-refractivity contribution in [3.8, 4) is 5.75 Å². The minimum atomic E-state index is 0.341. The lowest BCUT2D eigenvalue weighted by molar-refractivity contribution is 0.277. The Hall–Kier alpha value is -1.02. The van der Waals surface area contributed by atoms with Gasteiger partial charge in [0.1, 0.15) is 5.75 Å². The Morgan fingerprint density at radius 2 is 2.17 bits per heavy atom. The zero-order valence-electron chi connectivity index (χ0n) is 6.73. The fourth-order valence-electron chi connectivity index (χ4n) is 2.13. The highest BCUT2D eigenvalue weighted by Crippen LogP contribution is 2.52. The topological polar surface area (TPSA) is 35.2 Å². The molecule has 0 unspecified atom stereocenters. The molecule has 1 aromatic rings. The van der Waals surface area contributed by atoms with Gasteiger partial charge >= 0.3 is 0 Å². The maximum atomic E-state index is 5.91. The zero-order chi connectivity index (χ0) is 8.13. The molecule has 2 heteroatoms. The van der Waals surface area contributed by atoms with Crippen LogP contribution < -0.4 is 10.5 Å². The maximum absolute atomic E-state index is 5.91. The largest absolute Gasteiger partial charge is 0.493 e. The van der Waals surface area contributed by atoms with Crippen LogP contribution in [0.2, 0.25) is 0 Å². The summed E-state index contributed by atoms with van der Waals surface area (Å²) < 4.78 is 5.57. The summed E-state index contributed by atoms with van der Waals surface area (Å²) in [5, 5.41) is 0. The number of rotatable bonds is 0. The molecule has 1 aromatic carbocycles. The Kier molecular flexibility index (Phi) is 1.09. The first-order valence-corrected chi connectivity index (χ1v) is 4.35. The third-order valence-corrected chi connectivity index (χ3v) is 2.94. The second kappa shape index (κ2) is 2.02. The standard InChI is InChI=1S/C10H11NO/c11-10-7-5-12-8-4-2-1-3-6(8)9(7)10/h1-4,7,9-10H,5,11H2/t7-,9-,10+/m0/s1. The summed E-state index contributed by atoms with van der Waals surface area (Å²) in [6, 6.07) is 8.55. The van der Waals surface area contributed by atoms with Crippen LogP contribution in [0.4, 0.5) is 0 Å². The van der Waals surface area contributed by atoms with Crippen molar-refractivity contribution in [3.05, 3.63) is 29.8 Å². The first-order valence-electron chi connectivity index (χ1n) is 4.35. The molecule has 0 amide bonds. The molecule has 0 bridgehead atoms. The molecule has 1 aliphatic carbocycles. The lowest BCUT2D eigenvalue weighted by Crippen LogP contribution is -2.09. The average Bonchev–Trinajstić information content (AvgIpc) is 2.78. The molecule has 2 nitrogen and oxygen atoms in total. The quantitative estimate of drug-likeness (QED) is 0.618. The molecule has 62 valence electrons. The third-order valence-electron chi connectivity index (χ3n) is 2.94. The van der Waals surface area contributed by atoms with Crippen molar-refractivity contribution in [2.45, 2.75) is 12.0 Å². The minimum Gasteiger partial charge on any atom is -0.493 e. The van der Waals surface area contributed by atoms with Crippen molar-refractivity contribution in [1.29, 1.82) is 0 Å². The van der Waals surface area contributed by atoms with Gasteiger partial charge in [0.2, 0.25) is 0 Å². The van der Waals surface area contributed by atoms with Crippen LogP contribution in [0.5, 0.6) is 5.75 Å². The highest BCUT2D eigenvalue weighted by molar-refractivity contribution is 5.44. The van der Waals surface area contributed by atoms with Gasteiger partial charge in [-0.3, -0.25) is 0 Å². The van der Waals surface area contributed by atoms with Crippen LogP contribution in [0, 0.1) is 5.92 Å². The molecular formula is C10H11NO. The number of nitrogens with two attached hydrogens (primary N) is 1. The van der Waals surface area contributed by atoms with Crippen LogP contribution in [0.25, 0.3) is 0 Å². The SMILES string of the molecule is N[C@@H]1[C@H]2COc3ccccc3[C@H]12. The van der Waals surface area contributed by atoms with E-state index in [0.717, 1.165) is 12.4 Å². The van der Waals surface area contributed by atoms with E-state index in [4.69, 9.17) is 10.5 Å². The summed E-state index contributed by atoms with van der Waals surface area (Å²) in [6.07, 6.45) is 0. The fourth-order valence-corrected chi connectivity index (χ4v) is 2.13. The molecular weight excluding hydrogens is 150 g/mol. The van der Waals surface area contributed by atoms with Gasteiger partial charge in [-0.15, -0.1) is 0 Å². The van der Waals surface area contributed by atoms with Crippen LogP contribution in [0.1, 0.15) is 11.5 Å². The van der Waals surface area contributed by atoms with E-state index in [9.17, 15) is 0 Å². The smallest absolute Gasteiger partial charge is 0.122 e. The summed E-state index contributed by atoms with van der Waals surface area (Å²) >= 11 is 0. The van der Waals surface area contributed by atoms with Crippen LogP contribution in [-0.4, -0.2) is 12.6 Å². The third kappa shape index (κ3) is 0.681. The van der Waals surface area contributed by atoms with E-state index in [1.807, 2.05) is 12.1 Å². The number of para-hydroxylation sites is 1. The Morgan fingerprint density at radius 3 is 3.08 bits per heavy atom. The molecule has 1 aliphatic heterocycles. The van der Waals surface area contributed by atoms with Crippen LogP contribution in [-0.2, 0) is 0 Å². The Morgan fingerprint density at radius 1 is 1.33 bits per heavy atom. The molecule has 2 aliphatic rings. The zero-order valence-corrected chi connectivity index (χ0v) is 6.73. The van der Waals surface area contributed by atoms with E-state index >= 15 is 0 Å². The predicted molar refractivity (Wildman–Crippen MR) is 46.1 cm³/mol. The van der Waals surface area contributed by atoms with Crippen LogP contribution in [0.3, 0.4) is 0 Å². The second-order valence-electron chi connectivity index (χ2n) is 3.62. The monoisotopic (exact) mass is 161 g/mol. The Labute approximate surface area is 71.3 Å². The van der Waals surface area contributed by atoms with Gasteiger partial charge < -0.3 is 10.5 Å². The second-order valence-corrected chi connectivity index (χ2v) is 3.62. The summed E-state index contributed by atoms with van der Waals surface area (Å²) in [7, 11) is 0. The molecule has 1 heterocycles. The van der Waals surface area contributed by atoms with E-state index in [2.05, 4.69) is 12.1 Å². The van der Waals surface area contributed by atoms with E-state index in [1.54, 1.807) is 0 Å². The summed E-state index contributed by atoms with van der Waals surface area (Å²) in [5.41, 5.74) is 7.21. The normalized spacial score (nSPS) is 36.2. The van der Waals surface area contributed by atoms with E-state index in [1.165, 1.54) is 5.56 Å². The van der Waals surface area contributed by atoms with Gasteiger partial charge in [-0.1, -0.05) is 18.2 Å². The van der Waals surface area contributed by atoms with Gasteiger partial charge in [0.05, 0.1) is 6.61 Å². The van der Waals surface area contributed by atoms with E-state index in [-0.39, 0.29) is 0 Å². The van der Waals surface area contributed by atoms with Gasteiger partial charge in [0, 0.05) is 17.9 Å². The van der Waals surface area contributed by atoms with Crippen LogP contribution in [0.15, 0.2) is 24.3 Å². The maximum Gasteiger partial charge on any atom is 0.122 e. The van der Waals surface area contributed by atoms with Crippen LogP contribution >= 0.6 is 0 Å². The molecule has 0 spiro atoms. The first kappa shape index (κ1) is 6.49. The summed E-state index contributed by atoms with van der Waals surface area (Å²) in [5.74, 6) is 2.20. The van der Waals surface area contributed by atoms with Crippen molar-refractivity contribution in [3.63, 3.8) is 0 Å². The molecule has 1 saturated carbocycles. The molecule has 3 rings (SSSR count). The number of hydrogen-bond donors (Lipinski definition) is 1. The predicted octanol–water partition coefficient (Wildman–Crippen LogP) is 1.12. The van der Waals surface area contributed by atoms with Gasteiger partial charge in [0.15, 0.2) is 0 Å². The number of fused-ring (bicyclic) bond motifs is 3. The Balaban J connectivity index is 2.10. The van der Waals surface area contributed by atoms with Crippen molar-refractivity contribution >= 4 is 0 Å². The highest BCUT2D eigenvalue weighted by Gasteiger charge is 2.52. The summed E-state index contributed by atoms with van der Waals surface area (Å²) in [6.45, 7) is 0.808. The number of hydrogen-bond acceptors (Lipinski definition) is 2. The molecule has 3 atom stereocenters. The van der Waals surface area contributed by atoms with Gasteiger partial charge in [-0.2, -0.15) is 0 Å². The van der Waals surface area contributed by atoms with Gasteiger partial charge in [0.25, 0.3) is 0 Å².